The molecule has 60 heavy (non-hydrogen) atoms. The Kier molecular flexibility index (Phi) is 13.7. The third-order valence-corrected chi connectivity index (χ3v) is 17.5. The van der Waals surface area contributed by atoms with Crippen LogP contribution in [0.3, 0.4) is 0 Å². The normalized spacial score (nSPS) is 23.1. The third kappa shape index (κ3) is 9.49. The van der Waals surface area contributed by atoms with Crippen LogP contribution in [0.15, 0.2) is 181 Å². The Morgan fingerprint density at radius 3 is 1.57 bits per heavy atom. The maximum Gasteiger partial charge on any atom is 0.261 e. The number of ether oxygens (including phenoxy) is 6. The van der Waals surface area contributed by atoms with Gasteiger partial charge in [0.25, 0.3) is 8.32 Å². The SMILES string of the molecule is COc1ccc(C2O[C@H]3[C@H](OCc4ccccc4)[C@H](OCc4ccccc4)[C@@H](Sc4ccccc4)O[C@@H]3[C@H](CO[Si](c3ccccc3)(c3ccccc3)C(C)(C)C)O2)cc1. The molecule has 310 valence electrons. The van der Waals surface area contributed by atoms with Gasteiger partial charge in [-0.15, -0.1) is 0 Å². The zero-order valence-electron chi connectivity index (χ0n) is 34.7. The van der Waals surface area contributed by atoms with E-state index in [-0.39, 0.29) is 11.6 Å². The molecule has 0 radical (unpaired) electrons. The summed E-state index contributed by atoms with van der Waals surface area (Å²) in [5.74, 6) is 0.749. The molecule has 0 aliphatic carbocycles. The lowest BCUT2D eigenvalue weighted by Gasteiger charge is -2.52. The summed E-state index contributed by atoms with van der Waals surface area (Å²) in [5.41, 5.74) is 2.50. The Bertz CT molecular complexity index is 2150. The van der Waals surface area contributed by atoms with Crippen molar-refractivity contribution >= 4 is 30.5 Å². The Balaban J connectivity index is 1.21. The maximum absolute atomic E-state index is 7.61. The standard InChI is InChI=1S/C51H54O7SSi/c1-51(2,3)60(42-26-16-8-17-27-42,43-28-18-9-19-29-43)55-36-44-45-47(57-49(56-44)39-30-32-40(52-4)33-31-39)46(53-34-37-20-10-5-11-21-37)48(54-35-38-22-12-6-13-23-38)50(58-45)59-41-24-14-7-15-25-41/h5-33,44-50H,34-36H2,1-4H3/t44-,45+,46-,47+,48-,49?,50+/m0/s1. The highest BCUT2D eigenvalue weighted by molar-refractivity contribution is 7.99. The molecule has 8 rings (SSSR count). The van der Waals surface area contributed by atoms with Gasteiger partial charge in [-0.1, -0.05) is 184 Å². The van der Waals surface area contributed by atoms with Crippen LogP contribution in [0.25, 0.3) is 0 Å². The average molecular weight is 839 g/mol. The second-order valence-corrected chi connectivity index (χ2v) is 21.8. The fourth-order valence-corrected chi connectivity index (χ4v) is 14.1. The van der Waals surface area contributed by atoms with Gasteiger partial charge in [-0.3, -0.25) is 0 Å². The predicted octanol–water partition coefficient (Wildman–Crippen LogP) is 9.74. The summed E-state index contributed by atoms with van der Waals surface area (Å²) in [4.78, 5) is 1.06. The summed E-state index contributed by atoms with van der Waals surface area (Å²) in [6.45, 7) is 7.87. The van der Waals surface area contributed by atoms with Crippen LogP contribution in [-0.4, -0.2) is 58.0 Å². The van der Waals surface area contributed by atoms with Crippen molar-refractivity contribution in [2.45, 2.75) is 86.2 Å². The van der Waals surface area contributed by atoms with Crippen LogP contribution in [0.5, 0.6) is 5.75 Å². The molecule has 0 saturated carbocycles. The van der Waals surface area contributed by atoms with Crippen LogP contribution in [0.4, 0.5) is 0 Å². The lowest BCUT2D eigenvalue weighted by molar-refractivity contribution is -0.353. The van der Waals surface area contributed by atoms with E-state index in [1.165, 1.54) is 10.4 Å². The molecule has 0 amide bonds. The lowest BCUT2D eigenvalue weighted by atomic mass is 9.94. The molecule has 7 nitrogen and oxygen atoms in total. The number of benzene rings is 6. The third-order valence-electron chi connectivity index (χ3n) is 11.3. The molecule has 6 aromatic rings. The monoisotopic (exact) mass is 838 g/mol. The van der Waals surface area contributed by atoms with E-state index in [9.17, 15) is 0 Å². The molecule has 0 spiro atoms. The summed E-state index contributed by atoms with van der Waals surface area (Å²) in [7, 11) is -1.31. The zero-order chi connectivity index (χ0) is 41.4. The van der Waals surface area contributed by atoms with Gasteiger partial charge < -0.3 is 32.8 Å². The molecular formula is C51H54O7SSi. The van der Waals surface area contributed by atoms with Gasteiger partial charge in [0.2, 0.25) is 0 Å². The molecule has 2 fully saturated rings. The van der Waals surface area contributed by atoms with Crippen LogP contribution >= 0.6 is 11.8 Å². The summed E-state index contributed by atoms with van der Waals surface area (Å²) in [6, 6.07) is 60.1. The molecule has 9 heteroatoms. The number of hydrogen-bond acceptors (Lipinski definition) is 8. The van der Waals surface area contributed by atoms with Crippen molar-refractivity contribution in [3.8, 4) is 5.75 Å². The topological polar surface area (TPSA) is 64.6 Å². The molecule has 0 bridgehead atoms. The quantitative estimate of drug-likeness (QED) is 0.0949. The highest BCUT2D eigenvalue weighted by atomic mass is 32.2. The number of rotatable bonds is 15. The molecule has 2 saturated heterocycles. The van der Waals surface area contributed by atoms with Crippen LogP contribution in [-0.2, 0) is 41.3 Å². The average Bonchev–Trinajstić information content (AvgIpc) is 3.29. The van der Waals surface area contributed by atoms with Gasteiger partial charge >= 0.3 is 0 Å². The Morgan fingerprint density at radius 1 is 0.550 bits per heavy atom. The van der Waals surface area contributed by atoms with E-state index in [1.54, 1.807) is 18.9 Å². The van der Waals surface area contributed by atoms with Crippen molar-refractivity contribution in [2.75, 3.05) is 13.7 Å². The van der Waals surface area contributed by atoms with Crippen LogP contribution < -0.4 is 15.1 Å². The maximum atomic E-state index is 7.61. The van der Waals surface area contributed by atoms with Crippen molar-refractivity contribution in [3.05, 3.63) is 193 Å². The smallest absolute Gasteiger partial charge is 0.261 e. The summed E-state index contributed by atoms with van der Waals surface area (Å²) >= 11 is 1.63. The molecule has 7 atom stereocenters. The van der Waals surface area contributed by atoms with Crippen LogP contribution in [0, 0.1) is 0 Å². The van der Waals surface area contributed by atoms with E-state index in [0.717, 1.165) is 27.3 Å². The van der Waals surface area contributed by atoms with Crippen molar-refractivity contribution in [2.24, 2.45) is 0 Å². The molecular weight excluding hydrogens is 785 g/mol. The van der Waals surface area contributed by atoms with Gasteiger partial charge in [-0.05, 0) is 50.8 Å². The minimum Gasteiger partial charge on any atom is -0.497 e. The van der Waals surface area contributed by atoms with Crippen LogP contribution in [0.2, 0.25) is 5.04 Å². The summed E-state index contributed by atoms with van der Waals surface area (Å²) in [6.07, 6.45) is -3.52. The zero-order valence-corrected chi connectivity index (χ0v) is 36.5. The Hall–Kier alpha value is -4.55. The van der Waals surface area contributed by atoms with Crippen molar-refractivity contribution < 1.29 is 32.8 Å². The van der Waals surface area contributed by atoms with E-state index in [0.29, 0.717) is 13.2 Å². The largest absolute Gasteiger partial charge is 0.497 e. The van der Waals surface area contributed by atoms with Gasteiger partial charge in [-0.2, -0.15) is 0 Å². The molecule has 0 N–H and O–H groups in total. The van der Waals surface area contributed by atoms with Crippen LogP contribution in [0.1, 0.15) is 43.8 Å². The first kappa shape index (κ1) is 42.2. The predicted molar refractivity (Wildman–Crippen MR) is 240 cm³/mol. The minimum atomic E-state index is -2.98. The fraction of sp³-hybridized carbons (Fsp3) is 0.294. The van der Waals surface area contributed by atoms with Crippen molar-refractivity contribution in [1.82, 2.24) is 0 Å². The molecule has 2 aliphatic rings. The lowest BCUT2D eigenvalue weighted by Crippen LogP contribution is -2.69. The first-order valence-corrected chi connectivity index (χ1v) is 23.5. The minimum absolute atomic E-state index is 0.244. The second kappa shape index (κ2) is 19.4. The highest BCUT2D eigenvalue weighted by Crippen LogP contribution is 2.45. The van der Waals surface area contributed by atoms with Crippen molar-refractivity contribution in [3.63, 3.8) is 0 Å². The van der Waals surface area contributed by atoms with Gasteiger partial charge in [0.15, 0.2) is 6.29 Å². The van der Waals surface area contributed by atoms with E-state index < -0.39 is 50.6 Å². The Morgan fingerprint density at radius 2 is 1.05 bits per heavy atom. The number of fused-ring (bicyclic) bond motifs is 1. The number of hydrogen-bond donors (Lipinski definition) is 0. The molecule has 2 heterocycles. The fourth-order valence-electron chi connectivity index (χ4n) is 8.35. The summed E-state index contributed by atoms with van der Waals surface area (Å²) in [5, 5.41) is 2.14. The van der Waals surface area contributed by atoms with E-state index in [2.05, 4.69) is 118 Å². The molecule has 2 aliphatic heterocycles. The number of thioether (sulfide) groups is 1. The second-order valence-electron chi connectivity index (χ2n) is 16.3. The van der Waals surface area contributed by atoms with Crippen molar-refractivity contribution in [1.29, 1.82) is 0 Å². The first-order valence-electron chi connectivity index (χ1n) is 20.7. The van der Waals surface area contributed by atoms with Gasteiger partial charge in [0, 0.05) is 10.5 Å². The van der Waals surface area contributed by atoms with E-state index in [1.807, 2.05) is 78.9 Å². The highest BCUT2D eigenvalue weighted by Gasteiger charge is 2.57. The van der Waals surface area contributed by atoms with E-state index >= 15 is 0 Å². The first-order chi connectivity index (χ1) is 29.3. The van der Waals surface area contributed by atoms with Gasteiger partial charge in [0.05, 0.1) is 26.9 Å². The number of methoxy groups -OCH3 is 1. The molecule has 0 aromatic heterocycles. The van der Waals surface area contributed by atoms with Gasteiger partial charge in [-0.25, -0.2) is 0 Å². The molecule has 1 unspecified atom stereocenters. The molecule has 6 aromatic carbocycles. The van der Waals surface area contributed by atoms with E-state index in [4.69, 9.17) is 32.8 Å². The van der Waals surface area contributed by atoms with Gasteiger partial charge in [0.1, 0.15) is 41.7 Å². The Labute approximate surface area is 360 Å². The summed E-state index contributed by atoms with van der Waals surface area (Å²) < 4.78 is 48.6.